The van der Waals surface area contributed by atoms with Crippen molar-refractivity contribution < 1.29 is 13.2 Å². The number of unbranched alkanes of at least 4 members (excludes halogenated alkanes) is 1. The number of ether oxygens (including phenoxy) is 1. The first-order valence-electron chi connectivity index (χ1n) is 6.71. The minimum Gasteiger partial charge on any atom is -0.494 e. The Morgan fingerprint density at radius 1 is 1.11 bits per heavy atom. The van der Waals surface area contributed by atoms with Gasteiger partial charge in [0.25, 0.3) is 0 Å². The van der Waals surface area contributed by atoms with E-state index in [1.165, 1.54) is 30.4 Å². The third kappa shape index (κ3) is 5.03. The standard InChI is InChI=1S/C14H19ClO3S/c15-19(16,17)10-4-3-9-18-14-8-7-12-5-1-2-6-13(12)11-14/h7-8,11H,1-6,9-10H2. The molecule has 0 amide bonds. The largest absolute Gasteiger partial charge is 0.494 e. The van der Waals surface area contributed by atoms with Gasteiger partial charge in [0.15, 0.2) is 0 Å². The maximum atomic E-state index is 10.7. The summed E-state index contributed by atoms with van der Waals surface area (Å²) >= 11 is 0. The van der Waals surface area contributed by atoms with Crippen LogP contribution in [0.4, 0.5) is 0 Å². The van der Waals surface area contributed by atoms with E-state index in [1.807, 2.05) is 6.07 Å². The molecule has 0 N–H and O–H groups in total. The first kappa shape index (κ1) is 14.7. The molecule has 1 aromatic rings. The van der Waals surface area contributed by atoms with Crippen LogP contribution in [0.15, 0.2) is 18.2 Å². The molecule has 0 radical (unpaired) electrons. The van der Waals surface area contributed by atoms with Crippen molar-refractivity contribution in [3.63, 3.8) is 0 Å². The van der Waals surface area contributed by atoms with Gasteiger partial charge in [-0.25, -0.2) is 8.42 Å². The Labute approximate surface area is 119 Å². The normalized spacial score (nSPS) is 15.0. The minimum atomic E-state index is -3.36. The van der Waals surface area contributed by atoms with E-state index in [1.54, 1.807) is 0 Å². The fourth-order valence-electron chi connectivity index (χ4n) is 2.37. The summed E-state index contributed by atoms with van der Waals surface area (Å²) < 4.78 is 27.1. The summed E-state index contributed by atoms with van der Waals surface area (Å²) in [7, 11) is 1.78. The lowest BCUT2D eigenvalue weighted by Crippen LogP contribution is -2.05. The summed E-state index contributed by atoms with van der Waals surface area (Å²) in [6.07, 6.45) is 6.07. The molecule has 19 heavy (non-hydrogen) atoms. The molecule has 0 atom stereocenters. The van der Waals surface area contributed by atoms with Crippen molar-refractivity contribution in [1.29, 1.82) is 0 Å². The highest BCUT2D eigenvalue weighted by Gasteiger charge is 2.10. The van der Waals surface area contributed by atoms with E-state index in [0.29, 0.717) is 19.4 Å². The fraction of sp³-hybridized carbons (Fsp3) is 0.571. The van der Waals surface area contributed by atoms with Crippen LogP contribution in [-0.2, 0) is 21.9 Å². The van der Waals surface area contributed by atoms with Crippen molar-refractivity contribution in [1.82, 2.24) is 0 Å². The molecule has 0 spiro atoms. The molecule has 3 nitrogen and oxygen atoms in total. The lowest BCUT2D eigenvalue weighted by molar-refractivity contribution is 0.309. The molecule has 0 saturated carbocycles. The van der Waals surface area contributed by atoms with Crippen molar-refractivity contribution in [3.8, 4) is 5.75 Å². The quantitative estimate of drug-likeness (QED) is 0.598. The Balaban J connectivity index is 1.77. The van der Waals surface area contributed by atoms with Crippen LogP contribution in [0.1, 0.15) is 36.8 Å². The van der Waals surface area contributed by atoms with E-state index >= 15 is 0 Å². The number of rotatable bonds is 6. The molecule has 2 rings (SSSR count). The molecule has 0 unspecified atom stereocenters. The molecule has 106 valence electrons. The van der Waals surface area contributed by atoms with Crippen LogP contribution >= 0.6 is 10.7 Å². The molecular formula is C14H19ClO3S. The predicted molar refractivity (Wildman–Crippen MR) is 77.5 cm³/mol. The summed E-state index contributed by atoms with van der Waals surface area (Å²) in [6.45, 7) is 0.533. The van der Waals surface area contributed by atoms with Crippen molar-refractivity contribution in [3.05, 3.63) is 29.3 Å². The summed E-state index contributed by atoms with van der Waals surface area (Å²) in [4.78, 5) is 0. The third-order valence-electron chi connectivity index (χ3n) is 3.37. The maximum Gasteiger partial charge on any atom is 0.232 e. The van der Waals surface area contributed by atoms with Gasteiger partial charge < -0.3 is 4.74 Å². The number of hydrogen-bond acceptors (Lipinski definition) is 3. The molecule has 5 heteroatoms. The van der Waals surface area contributed by atoms with Gasteiger partial charge in [-0.15, -0.1) is 0 Å². The van der Waals surface area contributed by atoms with Crippen LogP contribution in [0.2, 0.25) is 0 Å². The summed E-state index contributed by atoms with van der Waals surface area (Å²) in [5.41, 5.74) is 2.83. The van der Waals surface area contributed by atoms with Crippen LogP contribution in [0.5, 0.6) is 5.75 Å². The van der Waals surface area contributed by atoms with E-state index in [2.05, 4.69) is 12.1 Å². The van der Waals surface area contributed by atoms with Crippen molar-refractivity contribution in [2.24, 2.45) is 0 Å². The molecule has 0 bridgehead atoms. The highest BCUT2D eigenvalue weighted by atomic mass is 35.7. The van der Waals surface area contributed by atoms with Crippen molar-refractivity contribution in [2.45, 2.75) is 38.5 Å². The van der Waals surface area contributed by atoms with Crippen LogP contribution < -0.4 is 4.74 Å². The molecule has 0 aliphatic heterocycles. The zero-order valence-corrected chi connectivity index (χ0v) is 12.5. The van der Waals surface area contributed by atoms with Crippen molar-refractivity contribution in [2.75, 3.05) is 12.4 Å². The molecule has 0 heterocycles. The zero-order valence-electron chi connectivity index (χ0n) is 10.9. The van der Waals surface area contributed by atoms with Gasteiger partial charge in [-0.2, -0.15) is 0 Å². The van der Waals surface area contributed by atoms with Gasteiger partial charge >= 0.3 is 0 Å². The Kier molecular flexibility index (Phi) is 5.11. The zero-order chi connectivity index (χ0) is 13.7. The van der Waals surface area contributed by atoms with Crippen LogP contribution in [0.25, 0.3) is 0 Å². The number of halogens is 1. The van der Waals surface area contributed by atoms with Gasteiger partial charge in [-0.1, -0.05) is 6.07 Å². The van der Waals surface area contributed by atoms with Gasteiger partial charge in [-0.3, -0.25) is 0 Å². The van der Waals surface area contributed by atoms with Gasteiger partial charge in [0, 0.05) is 10.7 Å². The molecular weight excluding hydrogens is 284 g/mol. The predicted octanol–water partition coefficient (Wildman–Crippen LogP) is 3.29. The smallest absolute Gasteiger partial charge is 0.232 e. The number of aryl methyl sites for hydroxylation is 2. The average Bonchev–Trinajstić information content (AvgIpc) is 2.37. The summed E-state index contributed by atoms with van der Waals surface area (Å²) in [6, 6.07) is 6.27. The lowest BCUT2D eigenvalue weighted by Gasteiger charge is -2.16. The first-order valence-corrected chi connectivity index (χ1v) is 9.19. The highest BCUT2D eigenvalue weighted by molar-refractivity contribution is 8.13. The van der Waals surface area contributed by atoms with Gasteiger partial charge in [0.1, 0.15) is 5.75 Å². The van der Waals surface area contributed by atoms with Gasteiger partial charge in [0.2, 0.25) is 9.05 Å². The fourth-order valence-corrected chi connectivity index (χ4v) is 3.24. The second-order valence-electron chi connectivity index (χ2n) is 4.94. The van der Waals surface area contributed by atoms with E-state index in [9.17, 15) is 8.42 Å². The van der Waals surface area contributed by atoms with Crippen molar-refractivity contribution >= 4 is 19.7 Å². The Bertz CT molecular complexity index is 525. The molecule has 1 aliphatic carbocycles. The minimum absolute atomic E-state index is 0.0160. The average molecular weight is 303 g/mol. The maximum absolute atomic E-state index is 10.7. The Hall–Kier alpha value is -0.740. The monoisotopic (exact) mass is 302 g/mol. The highest BCUT2D eigenvalue weighted by Crippen LogP contribution is 2.25. The Morgan fingerprint density at radius 3 is 2.58 bits per heavy atom. The molecule has 1 aromatic carbocycles. The number of benzene rings is 1. The van der Waals surface area contributed by atoms with E-state index in [4.69, 9.17) is 15.4 Å². The number of hydrogen-bond donors (Lipinski definition) is 0. The van der Waals surface area contributed by atoms with E-state index in [-0.39, 0.29) is 5.75 Å². The van der Waals surface area contributed by atoms with Crippen LogP contribution in [-0.4, -0.2) is 20.8 Å². The SMILES string of the molecule is O=S(=O)(Cl)CCCCOc1ccc2c(c1)CCCC2. The summed E-state index contributed by atoms with van der Waals surface area (Å²) in [5.74, 6) is 0.900. The molecule has 0 fully saturated rings. The topological polar surface area (TPSA) is 43.4 Å². The number of fused-ring (bicyclic) bond motifs is 1. The van der Waals surface area contributed by atoms with E-state index in [0.717, 1.165) is 12.2 Å². The third-order valence-corrected chi connectivity index (χ3v) is 4.61. The lowest BCUT2D eigenvalue weighted by atomic mass is 9.92. The summed E-state index contributed by atoms with van der Waals surface area (Å²) in [5, 5.41) is 0. The molecule has 0 aromatic heterocycles. The first-order chi connectivity index (χ1) is 9.04. The van der Waals surface area contributed by atoms with Crippen LogP contribution in [0.3, 0.4) is 0 Å². The Morgan fingerprint density at radius 2 is 1.84 bits per heavy atom. The van der Waals surface area contributed by atoms with Crippen LogP contribution in [0, 0.1) is 0 Å². The second-order valence-corrected chi connectivity index (χ2v) is 7.83. The molecule has 1 aliphatic rings. The van der Waals surface area contributed by atoms with Gasteiger partial charge in [-0.05, 0) is 61.8 Å². The second kappa shape index (κ2) is 6.62. The molecule has 0 saturated heterocycles. The van der Waals surface area contributed by atoms with E-state index < -0.39 is 9.05 Å². The van der Waals surface area contributed by atoms with Gasteiger partial charge in [0.05, 0.1) is 12.4 Å².